The summed E-state index contributed by atoms with van der Waals surface area (Å²) in [6.45, 7) is 1.68. The van der Waals surface area contributed by atoms with Crippen molar-refractivity contribution in [2.24, 2.45) is 5.92 Å². The van der Waals surface area contributed by atoms with E-state index in [9.17, 15) is 18.0 Å². The number of halogens is 1. The van der Waals surface area contributed by atoms with Crippen molar-refractivity contribution in [1.29, 1.82) is 0 Å². The summed E-state index contributed by atoms with van der Waals surface area (Å²) in [4.78, 5) is 24.7. The Bertz CT molecular complexity index is 1030. The second kappa shape index (κ2) is 10.3. The number of sulfonamides is 1. The lowest BCUT2D eigenvalue weighted by Gasteiger charge is -2.15. The first kappa shape index (κ1) is 23.2. The number of carbonyl (C=O) groups excluding carboxylic acids is 2. The monoisotopic (exact) mass is 463 g/mol. The Morgan fingerprint density at radius 1 is 1.10 bits per heavy atom. The van der Waals surface area contributed by atoms with E-state index >= 15 is 0 Å². The Morgan fingerprint density at radius 3 is 2.45 bits per heavy atom. The fourth-order valence-electron chi connectivity index (χ4n) is 3.50. The smallest absolute Gasteiger partial charge is 0.241 e. The predicted molar refractivity (Wildman–Crippen MR) is 120 cm³/mol. The Hall–Kier alpha value is -2.42. The maximum Gasteiger partial charge on any atom is 0.241 e. The van der Waals surface area contributed by atoms with E-state index < -0.39 is 22.0 Å². The fourth-order valence-corrected chi connectivity index (χ4v) is 4.83. The molecule has 1 aliphatic carbocycles. The highest BCUT2D eigenvalue weighted by atomic mass is 35.5. The van der Waals surface area contributed by atoms with Gasteiger partial charge in [-0.25, -0.2) is 8.42 Å². The van der Waals surface area contributed by atoms with Gasteiger partial charge in [-0.1, -0.05) is 36.6 Å². The van der Waals surface area contributed by atoms with Gasteiger partial charge in [0, 0.05) is 23.2 Å². The highest BCUT2D eigenvalue weighted by Crippen LogP contribution is 2.26. The van der Waals surface area contributed by atoms with E-state index in [0.717, 1.165) is 31.2 Å². The van der Waals surface area contributed by atoms with Crippen LogP contribution < -0.4 is 15.4 Å². The quantitative estimate of drug-likeness (QED) is 0.557. The van der Waals surface area contributed by atoms with Crippen molar-refractivity contribution in [3.63, 3.8) is 0 Å². The zero-order valence-corrected chi connectivity index (χ0v) is 18.8. The summed E-state index contributed by atoms with van der Waals surface area (Å²) in [7, 11) is -3.85. The molecule has 2 amide bonds. The van der Waals surface area contributed by atoms with Crippen LogP contribution in [0.25, 0.3) is 0 Å². The van der Waals surface area contributed by atoms with Crippen LogP contribution >= 0.6 is 11.6 Å². The van der Waals surface area contributed by atoms with Gasteiger partial charge in [-0.2, -0.15) is 4.72 Å². The van der Waals surface area contributed by atoms with E-state index in [1.54, 1.807) is 18.2 Å². The summed E-state index contributed by atoms with van der Waals surface area (Å²) >= 11 is 5.79. The molecule has 9 heteroatoms. The van der Waals surface area contributed by atoms with E-state index in [-0.39, 0.29) is 23.3 Å². The number of rotatable bonds is 8. The maximum absolute atomic E-state index is 12.4. The summed E-state index contributed by atoms with van der Waals surface area (Å²) in [5, 5.41) is 6.08. The fraction of sp³-hybridized carbons (Fsp3) is 0.364. The molecule has 3 N–H and O–H groups in total. The summed E-state index contributed by atoms with van der Waals surface area (Å²) in [6.07, 6.45) is 4.02. The molecule has 1 aliphatic rings. The molecule has 1 atom stereocenters. The van der Waals surface area contributed by atoms with Gasteiger partial charge >= 0.3 is 0 Å². The van der Waals surface area contributed by atoms with Gasteiger partial charge in [0.15, 0.2) is 0 Å². The summed E-state index contributed by atoms with van der Waals surface area (Å²) < 4.78 is 27.2. The van der Waals surface area contributed by atoms with E-state index in [1.165, 1.54) is 31.2 Å². The van der Waals surface area contributed by atoms with Gasteiger partial charge < -0.3 is 10.6 Å². The van der Waals surface area contributed by atoms with Crippen molar-refractivity contribution in [2.75, 3.05) is 5.32 Å². The molecule has 0 unspecified atom stereocenters. The molecule has 0 aliphatic heterocycles. The average molecular weight is 464 g/mol. The lowest BCUT2D eigenvalue weighted by molar-refractivity contribution is -0.122. The molecule has 1 fully saturated rings. The van der Waals surface area contributed by atoms with Gasteiger partial charge in [0.05, 0.1) is 10.9 Å². The Balaban J connectivity index is 1.53. The van der Waals surface area contributed by atoms with E-state index in [4.69, 9.17) is 11.6 Å². The Labute approximate surface area is 187 Å². The van der Waals surface area contributed by atoms with E-state index in [1.807, 2.05) is 6.07 Å². The van der Waals surface area contributed by atoms with Crippen LogP contribution in [0.15, 0.2) is 53.4 Å². The van der Waals surface area contributed by atoms with Gasteiger partial charge in [0.25, 0.3) is 0 Å². The van der Waals surface area contributed by atoms with Crippen LogP contribution in [0.1, 0.15) is 38.2 Å². The molecule has 166 valence electrons. The maximum atomic E-state index is 12.4. The van der Waals surface area contributed by atoms with E-state index in [0.29, 0.717) is 10.7 Å². The molecule has 0 bridgehead atoms. The number of hydrogen-bond donors (Lipinski definition) is 3. The standard InChI is InChI=1S/C22H26ClN3O4S/c1-15(26-31(29,30)20-11-9-18(23)10-12-20)21(27)24-14-16-5-4-8-19(13-16)25-22(28)17-6-2-3-7-17/h4-5,8-13,15,17,26H,2-3,6-7,14H2,1H3,(H,24,27)(H,25,28)/t15-/m0/s1. The number of anilines is 1. The van der Waals surface area contributed by atoms with Crippen LogP contribution in [0.2, 0.25) is 5.02 Å². The van der Waals surface area contributed by atoms with Gasteiger partial charge in [-0.3, -0.25) is 9.59 Å². The number of carbonyl (C=O) groups is 2. The average Bonchev–Trinajstić information content (AvgIpc) is 3.27. The molecule has 31 heavy (non-hydrogen) atoms. The van der Waals surface area contributed by atoms with Crippen LogP contribution in [0, 0.1) is 5.92 Å². The van der Waals surface area contributed by atoms with Crippen molar-refractivity contribution < 1.29 is 18.0 Å². The van der Waals surface area contributed by atoms with Crippen molar-refractivity contribution in [1.82, 2.24) is 10.0 Å². The van der Waals surface area contributed by atoms with Gasteiger partial charge in [-0.15, -0.1) is 0 Å². The molecule has 0 spiro atoms. The minimum absolute atomic E-state index is 0.0299. The highest BCUT2D eigenvalue weighted by Gasteiger charge is 2.23. The van der Waals surface area contributed by atoms with Crippen molar-refractivity contribution in [2.45, 2.75) is 50.1 Å². The van der Waals surface area contributed by atoms with Gasteiger partial charge in [0.1, 0.15) is 0 Å². The highest BCUT2D eigenvalue weighted by molar-refractivity contribution is 7.89. The van der Waals surface area contributed by atoms with Crippen LogP contribution in [-0.4, -0.2) is 26.3 Å². The molecule has 7 nitrogen and oxygen atoms in total. The molecule has 1 saturated carbocycles. The lowest BCUT2D eigenvalue weighted by Crippen LogP contribution is -2.44. The minimum Gasteiger partial charge on any atom is -0.351 e. The zero-order chi connectivity index (χ0) is 22.4. The third-order valence-electron chi connectivity index (χ3n) is 5.24. The number of benzene rings is 2. The van der Waals surface area contributed by atoms with Crippen LogP contribution in [0.5, 0.6) is 0 Å². The molecule has 2 aromatic carbocycles. The Morgan fingerprint density at radius 2 is 1.77 bits per heavy atom. The molecular weight excluding hydrogens is 438 g/mol. The molecule has 0 radical (unpaired) electrons. The topological polar surface area (TPSA) is 104 Å². The summed E-state index contributed by atoms with van der Waals surface area (Å²) in [5.74, 6) is -0.361. The van der Waals surface area contributed by atoms with Crippen molar-refractivity contribution in [3.05, 3.63) is 59.1 Å². The second-order valence-electron chi connectivity index (χ2n) is 7.69. The molecule has 2 aromatic rings. The normalized spacial score (nSPS) is 15.4. The molecule has 0 heterocycles. The zero-order valence-electron chi connectivity index (χ0n) is 17.2. The number of nitrogens with one attached hydrogen (secondary N) is 3. The summed E-state index contributed by atoms with van der Waals surface area (Å²) in [6, 6.07) is 12.0. The van der Waals surface area contributed by atoms with Gasteiger partial charge in [0.2, 0.25) is 21.8 Å². The first-order chi connectivity index (χ1) is 14.7. The first-order valence-electron chi connectivity index (χ1n) is 10.2. The second-order valence-corrected chi connectivity index (χ2v) is 9.84. The molecule has 0 aromatic heterocycles. The third-order valence-corrected chi connectivity index (χ3v) is 7.04. The van der Waals surface area contributed by atoms with E-state index in [2.05, 4.69) is 15.4 Å². The van der Waals surface area contributed by atoms with Gasteiger partial charge in [-0.05, 0) is 61.7 Å². The first-order valence-corrected chi connectivity index (χ1v) is 12.1. The largest absolute Gasteiger partial charge is 0.351 e. The summed E-state index contributed by atoms with van der Waals surface area (Å²) in [5.41, 5.74) is 1.48. The number of amides is 2. The molecular formula is C22H26ClN3O4S. The van der Waals surface area contributed by atoms with Crippen LogP contribution in [0.3, 0.4) is 0 Å². The number of hydrogen-bond acceptors (Lipinski definition) is 4. The predicted octanol–water partition coefficient (Wildman–Crippen LogP) is 3.45. The third kappa shape index (κ3) is 6.53. The molecule has 0 saturated heterocycles. The molecule has 3 rings (SSSR count). The lowest BCUT2D eigenvalue weighted by atomic mass is 10.1. The van der Waals surface area contributed by atoms with Crippen LogP contribution in [0.4, 0.5) is 5.69 Å². The Kier molecular flexibility index (Phi) is 7.69. The van der Waals surface area contributed by atoms with Crippen molar-refractivity contribution in [3.8, 4) is 0 Å². The van der Waals surface area contributed by atoms with Crippen molar-refractivity contribution >= 4 is 39.1 Å². The minimum atomic E-state index is -3.85. The SMILES string of the molecule is C[C@H](NS(=O)(=O)c1ccc(Cl)cc1)C(=O)NCc1cccc(NC(=O)C2CCCC2)c1. The van der Waals surface area contributed by atoms with Crippen LogP contribution in [-0.2, 0) is 26.2 Å².